The van der Waals surface area contributed by atoms with Gasteiger partial charge in [-0.1, -0.05) is 17.7 Å². The highest BCUT2D eigenvalue weighted by molar-refractivity contribution is 6.31. The average molecular weight is 276 g/mol. The van der Waals surface area contributed by atoms with E-state index in [2.05, 4.69) is 10.4 Å². The fourth-order valence-electron chi connectivity index (χ4n) is 1.62. The number of rotatable bonds is 3. The van der Waals surface area contributed by atoms with Gasteiger partial charge in [-0.25, -0.2) is 0 Å². The second-order valence-electron chi connectivity index (χ2n) is 4.18. The number of nitrogens with zero attached hydrogens (tertiary/aromatic N) is 2. The molecule has 0 radical (unpaired) electrons. The van der Waals surface area contributed by atoms with Gasteiger partial charge in [0.1, 0.15) is 0 Å². The molecule has 0 aliphatic heterocycles. The summed E-state index contributed by atoms with van der Waals surface area (Å²) in [6, 6.07) is 5.41. The predicted molar refractivity (Wildman–Crippen MR) is 77.1 cm³/mol. The molecule has 4 nitrogen and oxygen atoms in total. The van der Waals surface area contributed by atoms with Crippen molar-refractivity contribution in [3.8, 4) is 0 Å². The van der Waals surface area contributed by atoms with E-state index in [1.54, 1.807) is 29.1 Å². The number of halogens is 1. The zero-order valence-corrected chi connectivity index (χ0v) is 11.5. The van der Waals surface area contributed by atoms with E-state index in [4.69, 9.17) is 11.6 Å². The molecule has 1 heterocycles. The highest BCUT2D eigenvalue weighted by atomic mass is 35.5. The Morgan fingerprint density at radius 3 is 2.95 bits per heavy atom. The van der Waals surface area contributed by atoms with Gasteiger partial charge in [0.2, 0.25) is 5.91 Å². The van der Waals surface area contributed by atoms with Gasteiger partial charge in [-0.15, -0.1) is 0 Å². The fraction of sp³-hybridized carbons (Fsp3) is 0.143. The van der Waals surface area contributed by atoms with E-state index in [1.807, 2.05) is 26.2 Å². The van der Waals surface area contributed by atoms with Crippen molar-refractivity contribution in [2.75, 3.05) is 5.32 Å². The molecule has 0 spiro atoms. The number of carbonyl (C=O) groups is 1. The molecule has 5 heteroatoms. The maximum absolute atomic E-state index is 11.8. The van der Waals surface area contributed by atoms with E-state index in [0.29, 0.717) is 10.7 Å². The van der Waals surface area contributed by atoms with Crippen LogP contribution in [-0.4, -0.2) is 15.7 Å². The Hall–Kier alpha value is -2.07. The molecule has 0 aliphatic carbocycles. The highest BCUT2D eigenvalue weighted by Gasteiger charge is 2.04. The second kappa shape index (κ2) is 5.71. The van der Waals surface area contributed by atoms with Gasteiger partial charge in [-0.05, 0) is 30.7 Å². The predicted octanol–water partition coefficient (Wildman–Crippen LogP) is 3.03. The zero-order valence-electron chi connectivity index (χ0n) is 10.7. The number of nitrogens with one attached hydrogen (secondary N) is 1. The van der Waals surface area contributed by atoms with E-state index in [9.17, 15) is 4.79 Å². The summed E-state index contributed by atoms with van der Waals surface area (Å²) in [6.07, 6.45) is 6.70. The molecular weight excluding hydrogens is 262 g/mol. The molecule has 0 unspecified atom stereocenters. The molecule has 1 aromatic heterocycles. The van der Waals surface area contributed by atoms with Gasteiger partial charge >= 0.3 is 0 Å². The molecule has 1 aromatic carbocycles. The second-order valence-corrected chi connectivity index (χ2v) is 4.59. The Balaban J connectivity index is 2.05. The number of carbonyl (C=O) groups excluding carboxylic acids is 1. The van der Waals surface area contributed by atoms with Gasteiger partial charge in [-0.2, -0.15) is 5.10 Å². The minimum Gasteiger partial charge on any atom is -0.322 e. The molecule has 0 aliphatic rings. The van der Waals surface area contributed by atoms with Crippen LogP contribution in [0.2, 0.25) is 5.02 Å². The zero-order chi connectivity index (χ0) is 13.8. The number of hydrogen-bond acceptors (Lipinski definition) is 2. The SMILES string of the molecule is Cc1c(Cl)cccc1NC(=O)C=Cc1cnn(C)c1. The first-order chi connectivity index (χ1) is 9.06. The standard InChI is InChI=1S/C14H14ClN3O/c1-10-12(15)4-3-5-13(10)17-14(19)7-6-11-8-16-18(2)9-11/h3-9H,1-2H3,(H,17,19). The van der Waals surface area contributed by atoms with Crippen molar-refractivity contribution in [2.45, 2.75) is 6.92 Å². The van der Waals surface area contributed by atoms with Crippen LogP contribution in [0.4, 0.5) is 5.69 Å². The lowest BCUT2D eigenvalue weighted by Crippen LogP contribution is -2.08. The normalized spacial score (nSPS) is 10.9. The summed E-state index contributed by atoms with van der Waals surface area (Å²) in [6.45, 7) is 1.86. The van der Waals surface area contributed by atoms with Crippen LogP contribution < -0.4 is 5.32 Å². The van der Waals surface area contributed by atoms with Crippen LogP contribution in [0.25, 0.3) is 6.08 Å². The number of amides is 1. The summed E-state index contributed by atoms with van der Waals surface area (Å²) < 4.78 is 1.68. The first-order valence-corrected chi connectivity index (χ1v) is 6.17. The number of hydrogen-bond donors (Lipinski definition) is 1. The van der Waals surface area contributed by atoms with Crippen molar-refractivity contribution in [1.82, 2.24) is 9.78 Å². The molecule has 0 atom stereocenters. The smallest absolute Gasteiger partial charge is 0.248 e. The number of aryl methyl sites for hydroxylation is 1. The summed E-state index contributed by atoms with van der Waals surface area (Å²) in [7, 11) is 1.83. The van der Waals surface area contributed by atoms with Gasteiger partial charge in [0, 0.05) is 35.6 Å². The third-order valence-electron chi connectivity index (χ3n) is 2.68. The lowest BCUT2D eigenvalue weighted by Gasteiger charge is -2.07. The summed E-state index contributed by atoms with van der Waals surface area (Å²) in [5.74, 6) is -0.200. The molecule has 19 heavy (non-hydrogen) atoms. The Bertz CT molecular complexity index is 631. The monoisotopic (exact) mass is 275 g/mol. The molecule has 98 valence electrons. The molecule has 1 N–H and O–H groups in total. The van der Waals surface area contributed by atoms with Crippen molar-refractivity contribution >= 4 is 29.3 Å². The van der Waals surface area contributed by atoms with Gasteiger partial charge < -0.3 is 5.32 Å². The molecule has 1 amide bonds. The van der Waals surface area contributed by atoms with Gasteiger partial charge in [0.05, 0.1) is 6.20 Å². The molecule has 0 bridgehead atoms. The topological polar surface area (TPSA) is 46.9 Å². The Morgan fingerprint density at radius 2 is 2.26 bits per heavy atom. The van der Waals surface area contributed by atoms with Crippen molar-refractivity contribution in [3.63, 3.8) is 0 Å². The third kappa shape index (κ3) is 3.45. The summed E-state index contributed by atoms with van der Waals surface area (Å²) in [4.78, 5) is 11.8. The lowest BCUT2D eigenvalue weighted by atomic mass is 10.2. The van der Waals surface area contributed by atoms with E-state index >= 15 is 0 Å². The minimum absolute atomic E-state index is 0.200. The maximum atomic E-state index is 11.8. The minimum atomic E-state index is -0.200. The average Bonchev–Trinajstić information content (AvgIpc) is 2.78. The number of aromatic nitrogens is 2. The largest absolute Gasteiger partial charge is 0.322 e. The maximum Gasteiger partial charge on any atom is 0.248 e. The van der Waals surface area contributed by atoms with Crippen LogP contribution >= 0.6 is 11.6 Å². The molecular formula is C14H14ClN3O. The van der Waals surface area contributed by atoms with Crippen LogP contribution in [0.3, 0.4) is 0 Å². The molecule has 2 aromatic rings. The molecule has 0 saturated carbocycles. The van der Waals surface area contributed by atoms with E-state index in [0.717, 1.165) is 11.1 Å². The summed E-state index contributed by atoms with van der Waals surface area (Å²) >= 11 is 5.99. The van der Waals surface area contributed by atoms with Crippen molar-refractivity contribution in [3.05, 3.63) is 52.8 Å². The number of benzene rings is 1. The summed E-state index contributed by atoms with van der Waals surface area (Å²) in [5, 5.41) is 7.44. The van der Waals surface area contributed by atoms with E-state index in [1.165, 1.54) is 6.08 Å². The lowest BCUT2D eigenvalue weighted by molar-refractivity contribution is -0.111. The third-order valence-corrected chi connectivity index (χ3v) is 3.09. The highest BCUT2D eigenvalue weighted by Crippen LogP contribution is 2.22. The van der Waals surface area contributed by atoms with Crippen molar-refractivity contribution < 1.29 is 4.79 Å². The van der Waals surface area contributed by atoms with Crippen LogP contribution in [0, 0.1) is 6.92 Å². The first-order valence-electron chi connectivity index (χ1n) is 5.79. The fourth-order valence-corrected chi connectivity index (χ4v) is 1.79. The Kier molecular flexibility index (Phi) is 4.02. The van der Waals surface area contributed by atoms with Crippen LogP contribution in [0.15, 0.2) is 36.7 Å². The molecule has 0 saturated heterocycles. The molecule has 2 rings (SSSR count). The Labute approximate surface area is 116 Å². The van der Waals surface area contributed by atoms with Crippen LogP contribution in [0.5, 0.6) is 0 Å². The summed E-state index contributed by atoms with van der Waals surface area (Å²) in [5.41, 5.74) is 2.45. The van der Waals surface area contributed by atoms with Crippen LogP contribution in [0.1, 0.15) is 11.1 Å². The van der Waals surface area contributed by atoms with Gasteiger partial charge in [0.15, 0.2) is 0 Å². The van der Waals surface area contributed by atoms with Crippen LogP contribution in [-0.2, 0) is 11.8 Å². The van der Waals surface area contributed by atoms with Gasteiger partial charge in [0.25, 0.3) is 0 Å². The molecule has 0 fully saturated rings. The van der Waals surface area contributed by atoms with Crippen molar-refractivity contribution in [2.24, 2.45) is 7.05 Å². The van der Waals surface area contributed by atoms with Gasteiger partial charge in [-0.3, -0.25) is 9.48 Å². The first kappa shape index (κ1) is 13.4. The quantitative estimate of drug-likeness (QED) is 0.875. The van der Waals surface area contributed by atoms with Crippen molar-refractivity contribution in [1.29, 1.82) is 0 Å². The Morgan fingerprint density at radius 1 is 1.47 bits per heavy atom. The number of anilines is 1. The van der Waals surface area contributed by atoms with E-state index in [-0.39, 0.29) is 5.91 Å². The van der Waals surface area contributed by atoms with E-state index < -0.39 is 0 Å².